The summed E-state index contributed by atoms with van der Waals surface area (Å²) in [6, 6.07) is 18.9. The zero-order valence-electron chi connectivity index (χ0n) is 23.0. The van der Waals surface area contributed by atoms with Gasteiger partial charge in [0.25, 0.3) is 10.0 Å². The van der Waals surface area contributed by atoms with E-state index in [2.05, 4.69) is 5.32 Å². The summed E-state index contributed by atoms with van der Waals surface area (Å²) in [4.78, 5) is 28.4. The highest BCUT2D eigenvalue weighted by molar-refractivity contribution is 7.92. The van der Waals surface area contributed by atoms with Crippen molar-refractivity contribution < 1.29 is 18.0 Å². The number of nitrogens with one attached hydrogen (secondary N) is 1. The summed E-state index contributed by atoms with van der Waals surface area (Å²) >= 11 is 0. The van der Waals surface area contributed by atoms with Gasteiger partial charge < -0.3 is 10.2 Å². The lowest BCUT2D eigenvalue weighted by molar-refractivity contribution is -0.140. The number of carbonyl (C=O) groups excluding carboxylic acids is 2. The number of carbonyl (C=O) groups is 2. The fraction of sp³-hybridized carbons (Fsp3) is 0.333. The first-order chi connectivity index (χ1) is 18.0. The monoisotopic (exact) mass is 535 g/mol. The van der Waals surface area contributed by atoms with E-state index in [1.807, 2.05) is 65.0 Å². The number of sulfonamides is 1. The SMILES string of the molecule is CCC(C(=O)NC)N(Cc1ccccc1C)C(=O)CN(c1cc(C)cc(C)c1)S(=O)(=O)c1ccc(C)cc1. The predicted molar refractivity (Wildman–Crippen MR) is 152 cm³/mol. The van der Waals surface area contributed by atoms with E-state index in [1.54, 1.807) is 36.4 Å². The number of anilines is 1. The van der Waals surface area contributed by atoms with Gasteiger partial charge in [0, 0.05) is 13.6 Å². The maximum Gasteiger partial charge on any atom is 0.264 e. The third kappa shape index (κ3) is 6.61. The normalized spacial score (nSPS) is 12.1. The number of benzene rings is 3. The second kappa shape index (κ2) is 12.3. The summed E-state index contributed by atoms with van der Waals surface area (Å²) < 4.78 is 29.0. The molecule has 1 unspecified atom stereocenters. The van der Waals surface area contributed by atoms with Gasteiger partial charge >= 0.3 is 0 Å². The second-order valence-corrected chi connectivity index (χ2v) is 11.5. The lowest BCUT2D eigenvalue weighted by Crippen LogP contribution is -2.51. The average molecular weight is 536 g/mol. The molecule has 2 amide bonds. The minimum Gasteiger partial charge on any atom is -0.357 e. The molecule has 1 atom stereocenters. The van der Waals surface area contributed by atoms with E-state index in [4.69, 9.17) is 0 Å². The van der Waals surface area contributed by atoms with Crippen molar-refractivity contribution in [3.05, 3.63) is 94.5 Å². The van der Waals surface area contributed by atoms with Crippen LogP contribution in [0.4, 0.5) is 5.69 Å². The Bertz CT molecular complexity index is 1380. The Morgan fingerprint density at radius 3 is 2.03 bits per heavy atom. The zero-order valence-corrected chi connectivity index (χ0v) is 23.8. The van der Waals surface area contributed by atoms with Crippen LogP contribution in [0.15, 0.2) is 71.6 Å². The molecule has 0 saturated carbocycles. The molecule has 7 nitrogen and oxygen atoms in total. The van der Waals surface area contributed by atoms with Crippen molar-refractivity contribution in [3.8, 4) is 0 Å². The number of likely N-dealkylation sites (N-methyl/N-ethyl adjacent to an activating group) is 1. The Morgan fingerprint density at radius 2 is 1.47 bits per heavy atom. The minimum atomic E-state index is -4.09. The predicted octanol–water partition coefficient (Wildman–Crippen LogP) is 4.67. The number of aryl methyl sites for hydroxylation is 4. The molecule has 0 bridgehead atoms. The third-order valence-electron chi connectivity index (χ3n) is 6.62. The summed E-state index contributed by atoms with van der Waals surface area (Å²) in [5.74, 6) is -0.757. The minimum absolute atomic E-state index is 0.0962. The fourth-order valence-corrected chi connectivity index (χ4v) is 5.92. The molecule has 0 aliphatic carbocycles. The number of nitrogens with zero attached hydrogens (tertiary/aromatic N) is 2. The molecule has 0 aliphatic rings. The first kappa shape index (κ1) is 28.9. The van der Waals surface area contributed by atoms with Crippen molar-refractivity contribution in [2.75, 3.05) is 17.9 Å². The van der Waals surface area contributed by atoms with E-state index in [1.165, 1.54) is 11.9 Å². The van der Waals surface area contributed by atoms with Gasteiger partial charge in [-0.25, -0.2) is 8.42 Å². The van der Waals surface area contributed by atoms with Crippen LogP contribution in [-0.4, -0.2) is 44.8 Å². The zero-order chi connectivity index (χ0) is 28.0. The molecular formula is C30H37N3O4S. The molecule has 3 rings (SSSR count). The molecule has 1 N–H and O–H groups in total. The van der Waals surface area contributed by atoms with Gasteiger partial charge in [-0.1, -0.05) is 55.0 Å². The molecule has 0 aliphatic heterocycles. The molecule has 8 heteroatoms. The van der Waals surface area contributed by atoms with Crippen molar-refractivity contribution in [2.45, 2.75) is 58.5 Å². The van der Waals surface area contributed by atoms with E-state index in [0.29, 0.717) is 12.1 Å². The van der Waals surface area contributed by atoms with Crippen molar-refractivity contribution in [2.24, 2.45) is 0 Å². The maximum absolute atomic E-state index is 14.0. The molecule has 0 radical (unpaired) electrons. The number of rotatable bonds is 10. The standard InChI is InChI=1S/C30H37N3O4S/c1-7-28(30(35)31-6)32(19-25-11-9-8-10-24(25)5)29(34)20-33(26-17-22(3)16-23(4)18-26)38(36,37)27-14-12-21(2)13-15-27/h8-18,28H,7,19-20H2,1-6H3,(H,31,35). The Kier molecular flexibility index (Phi) is 9.33. The first-order valence-corrected chi connectivity index (χ1v) is 14.1. The highest BCUT2D eigenvalue weighted by Crippen LogP contribution is 2.27. The summed E-state index contributed by atoms with van der Waals surface area (Å²) in [6.07, 6.45) is 0.381. The van der Waals surface area contributed by atoms with Gasteiger partial charge in [0.2, 0.25) is 11.8 Å². The largest absolute Gasteiger partial charge is 0.357 e. The Labute approximate surface area is 226 Å². The van der Waals surface area contributed by atoms with E-state index in [-0.39, 0.29) is 17.3 Å². The highest BCUT2D eigenvalue weighted by atomic mass is 32.2. The average Bonchev–Trinajstić information content (AvgIpc) is 2.87. The van der Waals surface area contributed by atoms with Crippen LogP contribution in [-0.2, 0) is 26.2 Å². The lowest BCUT2D eigenvalue weighted by Gasteiger charge is -2.33. The van der Waals surface area contributed by atoms with Crippen molar-refractivity contribution >= 4 is 27.5 Å². The van der Waals surface area contributed by atoms with Crippen molar-refractivity contribution in [1.29, 1.82) is 0 Å². The molecule has 0 heterocycles. The number of hydrogen-bond acceptors (Lipinski definition) is 4. The van der Waals surface area contributed by atoms with Gasteiger partial charge in [-0.05, 0) is 80.6 Å². The van der Waals surface area contributed by atoms with E-state index in [9.17, 15) is 18.0 Å². The van der Waals surface area contributed by atoms with Crippen LogP contribution in [0, 0.1) is 27.7 Å². The Hall–Kier alpha value is -3.65. The van der Waals surface area contributed by atoms with Crippen LogP contribution < -0.4 is 9.62 Å². The molecule has 0 aromatic heterocycles. The van der Waals surface area contributed by atoms with Gasteiger partial charge in [0.05, 0.1) is 10.6 Å². The van der Waals surface area contributed by atoms with Gasteiger partial charge in [-0.3, -0.25) is 13.9 Å². The van der Waals surface area contributed by atoms with E-state index in [0.717, 1.165) is 32.1 Å². The van der Waals surface area contributed by atoms with Gasteiger partial charge in [-0.15, -0.1) is 0 Å². The van der Waals surface area contributed by atoms with Gasteiger partial charge in [-0.2, -0.15) is 0 Å². The molecule has 202 valence electrons. The Balaban J connectivity index is 2.11. The van der Waals surface area contributed by atoms with Gasteiger partial charge in [0.15, 0.2) is 0 Å². The molecule has 3 aromatic rings. The summed E-state index contributed by atoms with van der Waals surface area (Å²) in [6.45, 7) is 9.18. The van der Waals surface area contributed by atoms with Crippen LogP contribution in [0.1, 0.15) is 41.2 Å². The Morgan fingerprint density at radius 1 is 0.868 bits per heavy atom. The van der Waals surface area contributed by atoms with E-state index < -0.39 is 28.5 Å². The third-order valence-corrected chi connectivity index (χ3v) is 8.40. The van der Waals surface area contributed by atoms with Crippen LogP contribution in [0.3, 0.4) is 0 Å². The molecule has 3 aromatic carbocycles. The van der Waals surface area contributed by atoms with E-state index >= 15 is 0 Å². The smallest absolute Gasteiger partial charge is 0.264 e. The van der Waals surface area contributed by atoms with Gasteiger partial charge in [0.1, 0.15) is 12.6 Å². The molecule has 0 fully saturated rings. The first-order valence-electron chi connectivity index (χ1n) is 12.7. The number of hydrogen-bond donors (Lipinski definition) is 1. The van der Waals surface area contributed by atoms with Crippen molar-refractivity contribution in [1.82, 2.24) is 10.2 Å². The van der Waals surface area contributed by atoms with Crippen LogP contribution in [0.25, 0.3) is 0 Å². The topological polar surface area (TPSA) is 86.8 Å². The van der Waals surface area contributed by atoms with Crippen LogP contribution in [0.5, 0.6) is 0 Å². The second-order valence-electron chi connectivity index (χ2n) is 9.66. The van der Waals surface area contributed by atoms with Crippen LogP contribution >= 0.6 is 0 Å². The summed E-state index contributed by atoms with van der Waals surface area (Å²) in [5, 5.41) is 2.65. The molecule has 38 heavy (non-hydrogen) atoms. The highest BCUT2D eigenvalue weighted by Gasteiger charge is 2.33. The van der Waals surface area contributed by atoms with Crippen molar-refractivity contribution in [3.63, 3.8) is 0 Å². The summed E-state index contributed by atoms with van der Waals surface area (Å²) in [7, 11) is -2.55. The molecule has 0 spiro atoms. The fourth-order valence-electron chi connectivity index (χ4n) is 4.52. The maximum atomic E-state index is 14.0. The number of amides is 2. The van der Waals surface area contributed by atoms with Crippen LogP contribution in [0.2, 0.25) is 0 Å². The molecule has 0 saturated heterocycles. The quantitative estimate of drug-likeness (QED) is 0.409. The summed E-state index contributed by atoms with van der Waals surface area (Å²) in [5.41, 5.74) is 4.97. The molecular weight excluding hydrogens is 498 g/mol. The lowest BCUT2D eigenvalue weighted by atomic mass is 10.1.